The molecule has 3 saturated heterocycles. The SMILES string of the molecule is C#CCO[C@H]1C2OP(=O)(O)OC[C@H]3O[C@@H](n4cnc5c(=O)[nH]c(N)nc54)C(OP(=O)(O)OC[C@H]2O[C@H]1n1cnc2c(N)ncnc21)C3O. The van der Waals surface area contributed by atoms with E-state index in [4.69, 9.17) is 50.2 Å². The number of nitrogen functional groups attached to an aromatic ring is 2. The number of terminal acetylenes is 1. The van der Waals surface area contributed by atoms with Crippen molar-refractivity contribution in [1.29, 1.82) is 0 Å². The van der Waals surface area contributed by atoms with Crippen LogP contribution in [0.2, 0.25) is 0 Å². The maximum atomic E-state index is 13.4. The van der Waals surface area contributed by atoms with Crippen LogP contribution in [0.5, 0.6) is 0 Å². The molecule has 5 unspecified atom stereocenters. The van der Waals surface area contributed by atoms with E-state index in [1.165, 1.54) is 17.2 Å². The van der Waals surface area contributed by atoms with Gasteiger partial charge in [0.25, 0.3) is 5.56 Å². The molecule has 23 nitrogen and oxygen atoms in total. The number of hydrogen-bond acceptors (Lipinski definition) is 18. The second-order valence-corrected chi connectivity index (χ2v) is 13.4. The Morgan fingerprint density at radius 2 is 1.60 bits per heavy atom. The number of nitrogens with one attached hydrogen (secondary N) is 1. The van der Waals surface area contributed by atoms with E-state index in [0.717, 1.165) is 10.9 Å². The highest BCUT2D eigenvalue weighted by Crippen LogP contribution is 2.54. The molecule has 48 heavy (non-hydrogen) atoms. The van der Waals surface area contributed by atoms with Crippen LogP contribution in [0, 0.1) is 12.3 Å². The van der Waals surface area contributed by atoms with Gasteiger partial charge < -0.3 is 40.6 Å². The van der Waals surface area contributed by atoms with Crippen molar-refractivity contribution in [1.82, 2.24) is 39.0 Å². The molecule has 8 N–H and O–H groups in total. The molecule has 0 aromatic carbocycles. The fraction of sp³-hybridized carbons (Fsp3) is 0.478. The quantitative estimate of drug-likeness (QED) is 0.102. The van der Waals surface area contributed by atoms with Crippen LogP contribution in [0.1, 0.15) is 12.5 Å². The number of ether oxygens (including phenoxy) is 3. The number of aromatic amines is 1. The highest BCUT2D eigenvalue weighted by molar-refractivity contribution is 7.47. The number of aromatic nitrogens is 8. The van der Waals surface area contributed by atoms with Gasteiger partial charge in [-0.3, -0.25) is 37.0 Å². The molecule has 2 bridgehead atoms. The first kappa shape index (κ1) is 32.7. The van der Waals surface area contributed by atoms with Crippen LogP contribution < -0.4 is 17.0 Å². The average Bonchev–Trinajstić information content (AvgIpc) is 3.79. The van der Waals surface area contributed by atoms with Crippen molar-refractivity contribution in [3.8, 4) is 12.3 Å². The molecule has 10 atom stereocenters. The van der Waals surface area contributed by atoms with Gasteiger partial charge in [-0.15, -0.1) is 6.42 Å². The molecular weight excluding hydrogens is 686 g/mol. The second-order valence-electron chi connectivity index (χ2n) is 10.6. The van der Waals surface area contributed by atoms with Crippen molar-refractivity contribution in [2.45, 2.75) is 49.1 Å². The molecule has 3 aliphatic rings. The van der Waals surface area contributed by atoms with E-state index < -0.39 is 83.5 Å². The predicted molar refractivity (Wildman–Crippen MR) is 156 cm³/mol. The number of nitrogens with zero attached hydrogens (tertiary/aromatic N) is 7. The summed E-state index contributed by atoms with van der Waals surface area (Å²) in [4.78, 5) is 56.5. The molecule has 7 rings (SSSR count). The first-order valence-electron chi connectivity index (χ1n) is 13.9. The van der Waals surface area contributed by atoms with Crippen molar-refractivity contribution < 1.29 is 56.3 Å². The standard InChI is InChI=1S/C23H26N10O13P2/c1-2-3-40-16-14-10(44-22(16)32-7-28-11-17(24)26-6-27-18(11)32)5-42-48(38,39)46-15-13(34)9(4-41-47(36,37)45-14)43-21(15)33-8-29-12-19(33)30-23(25)31-20(12)35/h1,6-10,13-16,21-22,34H,3-5H2,(H,36,37)(H,38,39)(H2,24,26,27)(H3,25,30,31,35)/t9-,10-,13?,14?,15?,16+,21-,22-/m1/s1. The number of fused-ring (bicyclic) bond motifs is 5. The van der Waals surface area contributed by atoms with Crippen molar-refractivity contribution >= 4 is 49.7 Å². The van der Waals surface area contributed by atoms with Crippen molar-refractivity contribution in [2.24, 2.45) is 0 Å². The van der Waals surface area contributed by atoms with Crippen LogP contribution in [0.25, 0.3) is 22.3 Å². The third kappa shape index (κ3) is 5.87. The van der Waals surface area contributed by atoms with Crippen molar-refractivity contribution in [2.75, 3.05) is 31.3 Å². The fourth-order valence-electron chi connectivity index (χ4n) is 5.60. The van der Waals surface area contributed by atoms with Gasteiger partial charge >= 0.3 is 15.6 Å². The molecule has 3 fully saturated rings. The number of imidazole rings is 2. The molecule has 3 aliphatic heterocycles. The third-order valence-electron chi connectivity index (χ3n) is 7.66. The van der Waals surface area contributed by atoms with E-state index in [9.17, 15) is 28.8 Å². The molecule has 0 aliphatic carbocycles. The minimum absolute atomic E-state index is 0.0543. The maximum absolute atomic E-state index is 13.4. The number of hydrogen-bond donors (Lipinski definition) is 6. The Bertz CT molecular complexity index is 2070. The molecule has 7 heterocycles. The maximum Gasteiger partial charge on any atom is 0.472 e. The number of anilines is 2. The summed E-state index contributed by atoms with van der Waals surface area (Å²) in [5.41, 5.74) is 11.0. The van der Waals surface area contributed by atoms with Crippen molar-refractivity contribution in [3.05, 3.63) is 29.3 Å². The molecule has 4 aromatic rings. The number of phosphoric acid groups is 2. The van der Waals surface area contributed by atoms with Crippen molar-refractivity contribution in [3.63, 3.8) is 0 Å². The molecular formula is C23H26N10O13P2. The predicted octanol–water partition coefficient (Wildman–Crippen LogP) is -1.68. The van der Waals surface area contributed by atoms with Crippen LogP contribution >= 0.6 is 15.6 Å². The van der Waals surface area contributed by atoms with Crippen LogP contribution in [-0.4, -0.2) is 110 Å². The number of nitrogens with two attached hydrogens (primary N) is 2. The van der Waals surface area contributed by atoms with E-state index in [0.29, 0.717) is 0 Å². The summed E-state index contributed by atoms with van der Waals surface area (Å²) >= 11 is 0. The van der Waals surface area contributed by atoms with Crippen LogP contribution in [0.15, 0.2) is 23.8 Å². The molecule has 0 radical (unpaired) electrons. The summed E-state index contributed by atoms with van der Waals surface area (Å²) in [6.45, 7) is -1.92. The minimum Gasteiger partial charge on any atom is -0.387 e. The van der Waals surface area contributed by atoms with Gasteiger partial charge in [-0.05, 0) is 0 Å². The average molecular weight is 712 g/mol. The zero-order valence-corrected chi connectivity index (χ0v) is 25.9. The van der Waals surface area contributed by atoms with Crippen LogP contribution in [0.3, 0.4) is 0 Å². The Hall–Kier alpha value is -3.88. The number of aliphatic hydroxyl groups excluding tert-OH is 1. The lowest BCUT2D eigenvalue weighted by Crippen LogP contribution is -2.38. The van der Waals surface area contributed by atoms with Gasteiger partial charge in [-0.2, -0.15) is 4.98 Å². The van der Waals surface area contributed by atoms with Gasteiger partial charge in [0.05, 0.1) is 25.9 Å². The number of aliphatic hydroxyl groups is 1. The smallest absolute Gasteiger partial charge is 0.387 e. The summed E-state index contributed by atoms with van der Waals surface area (Å²) in [6.07, 6.45) is -2.90. The van der Waals surface area contributed by atoms with Gasteiger partial charge in [-0.1, -0.05) is 5.92 Å². The highest BCUT2D eigenvalue weighted by atomic mass is 31.2. The Balaban J connectivity index is 1.23. The van der Waals surface area contributed by atoms with E-state index >= 15 is 0 Å². The molecule has 25 heteroatoms. The first-order chi connectivity index (χ1) is 22.9. The first-order valence-corrected chi connectivity index (χ1v) is 16.9. The monoisotopic (exact) mass is 712 g/mol. The lowest BCUT2D eigenvalue weighted by Gasteiger charge is -2.27. The Labute approximate surface area is 267 Å². The van der Waals surface area contributed by atoms with Gasteiger partial charge in [0.2, 0.25) is 5.95 Å². The molecule has 4 aromatic heterocycles. The Morgan fingerprint density at radius 1 is 0.958 bits per heavy atom. The number of phosphoric ester groups is 2. The third-order valence-corrected chi connectivity index (χ3v) is 9.63. The highest BCUT2D eigenvalue weighted by Gasteiger charge is 2.54. The van der Waals surface area contributed by atoms with Gasteiger partial charge in [0.1, 0.15) is 55.1 Å². The summed E-state index contributed by atoms with van der Waals surface area (Å²) in [5.74, 6) is 2.06. The number of H-pyrrole nitrogens is 1. The Morgan fingerprint density at radius 3 is 2.33 bits per heavy atom. The largest absolute Gasteiger partial charge is 0.472 e. The summed E-state index contributed by atoms with van der Waals surface area (Å²) < 4.78 is 68.3. The molecule has 0 amide bonds. The lowest BCUT2D eigenvalue weighted by molar-refractivity contribution is -0.0682. The van der Waals surface area contributed by atoms with E-state index in [-0.39, 0.29) is 40.7 Å². The molecule has 256 valence electrons. The fourth-order valence-corrected chi connectivity index (χ4v) is 7.49. The van der Waals surface area contributed by atoms with Gasteiger partial charge in [-0.25, -0.2) is 29.1 Å². The zero-order valence-electron chi connectivity index (χ0n) is 24.2. The normalized spacial score (nSPS) is 35.9. The van der Waals surface area contributed by atoms with Gasteiger partial charge in [0.15, 0.2) is 35.1 Å². The van der Waals surface area contributed by atoms with Crippen LogP contribution in [0.4, 0.5) is 11.8 Å². The molecule has 0 spiro atoms. The second kappa shape index (κ2) is 12.2. The topological polar surface area (TPSA) is 319 Å². The van der Waals surface area contributed by atoms with Gasteiger partial charge in [0, 0.05) is 0 Å². The van der Waals surface area contributed by atoms with E-state index in [1.54, 1.807) is 0 Å². The zero-order chi connectivity index (χ0) is 34.0. The summed E-state index contributed by atoms with van der Waals surface area (Å²) in [7, 11) is -10.2. The van der Waals surface area contributed by atoms with Crippen LogP contribution in [-0.2, 0) is 41.4 Å². The Kier molecular flexibility index (Phi) is 8.31. The molecule has 0 saturated carbocycles. The number of rotatable bonds is 4. The summed E-state index contributed by atoms with van der Waals surface area (Å²) in [6, 6.07) is 0. The van der Waals surface area contributed by atoms with E-state index in [2.05, 4.69) is 35.8 Å². The summed E-state index contributed by atoms with van der Waals surface area (Å²) in [5, 5.41) is 11.1. The lowest BCUT2D eigenvalue weighted by atomic mass is 10.1. The van der Waals surface area contributed by atoms with E-state index in [1.807, 2.05) is 0 Å². The minimum atomic E-state index is -5.13.